The molecule has 5 nitrogen and oxygen atoms in total. The van der Waals surface area contributed by atoms with Gasteiger partial charge in [-0.2, -0.15) is 13.6 Å². The van der Waals surface area contributed by atoms with Gasteiger partial charge in [-0.3, -0.25) is 0 Å². The van der Waals surface area contributed by atoms with Crippen LogP contribution in [0.15, 0.2) is 48.5 Å². The molecule has 0 saturated carbocycles. The second-order valence-corrected chi connectivity index (χ2v) is 12.4. The number of nitrogens with two attached hydrogens (primary N) is 1. The van der Waals surface area contributed by atoms with Crippen LogP contribution >= 0.6 is 0 Å². The zero-order chi connectivity index (χ0) is 26.7. The van der Waals surface area contributed by atoms with Gasteiger partial charge in [-0.25, -0.2) is 0 Å². The summed E-state index contributed by atoms with van der Waals surface area (Å²) in [6.45, 7) is 8.89. The molecule has 0 aromatic heterocycles. The first kappa shape index (κ1) is 30.3. The lowest BCUT2D eigenvalue weighted by Gasteiger charge is -2.29. The minimum Gasteiger partial charge on any atom is -0.390 e. The third-order valence-electron chi connectivity index (χ3n) is 6.84. The van der Waals surface area contributed by atoms with E-state index in [9.17, 15) is 13.5 Å². The smallest absolute Gasteiger partial charge is 0.380 e. The van der Waals surface area contributed by atoms with Gasteiger partial charge in [0, 0.05) is 6.42 Å². The van der Waals surface area contributed by atoms with Gasteiger partial charge in [-0.15, -0.1) is 0 Å². The van der Waals surface area contributed by atoms with Crippen LogP contribution in [0.5, 0.6) is 5.75 Å². The summed E-state index contributed by atoms with van der Waals surface area (Å²) >= 11 is 0. The van der Waals surface area contributed by atoms with Crippen molar-refractivity contribution in [1.29, 1.82) is 0 Å². The fourth-order valence-electron chi connectivity index (χ4n) is 4.67. The molecule has 1 atom stereocenters. The van der Waals surface area contributed by atoms with Gasteiger partial charge in [0.1, 0.15) is 5.75 Å². The first-order chi connectivity index (χ1) is 16.9. The van der Waals surface area contributed by atoms with E-state index in [1.807, 2.05) is 12.1 Å². The molecule has 3 N–H and O–H groups in total. The van der Waals surface area contributed by atoms with Crippen molar-refractivity contribution in [3.8, 4) is 5.75 Å². The second-order valence-electron chi connectivity index (χ2n) is 11.3. The molecule has 0 amide bonds. The van der Waals surface area contributed by atoms with Crippen molar-refractivity contribution >= 4 is 10.3 Å². The van der Waals surface area contributed by atoms with Crippen molar-refractivity contribution in [1.82, 2.24) is 0 Å². The number of aliphatic hydroxyl groups is 1. The van der Waals surface area contributed by atoms with E-state index in [-0.39, 0.29) is 11.2 Å². The summed E-state index contributed by atoms with van der Waals surface area (Å²) in [4.78, 5) is 0. The van der Waals surface area contributed by atoms with Crippen LogP contribution in [0.2, 0.25) is 0 Å². The van der Waals surface area contributed by atoms with Gasteiger partial charge >= 0.3 is 10.3 Å². The highest BCUT2D eigenvalue weighted by atomic mass is 32.2. The largest absolute Gasteiger partial charge is 0.390 e. The molecular formula is C30H47NO4S. The van der Waals surface area contributed by atoms with Gasteiger partial charge in [-0.1, -0.05) is 109 Å². The normalized spacial score (nSPS) is 13.9. The molecule has 2 aromatic rings. The standard InChI is InChI=1S/C30H47NO4S/c1-5-6-7-8-9-11-22-30(32,24-26-14-18-27(19-15-26)29(2,3)4)23-12-10-13-25-16-20-28(21-17-25)35-36(31,33)34/h14-21,32H,5-13,22-24H2,1-4H3,(H2,31,33,34). The van der Waals surface area contributed by atoms with Crippen LogP contribution in [-0.4, -0.2) is 19.1 Å². The van der Waals surface area contributed by atoms with Crippen LogP contribution in [0, 0.1) is 0 Å². The molecule has 2 aromatic carbocycles. The number of hydrogen-bond acceptors (Lipinski definition) is 4. The zero-order valence-electron chi connectivity index (χ0n) is 22.8. The highest BCUT2D eigenvalue weighted by molar-refractivity contribution is 7.84. The molecule has 6 heteroatoms. The molecule has 1 unspecified atom stereocenters. The summed E-state index contributed by atoms with van der Waals surface area (Å²) in [6.07, 6.45) is 12.4. The van der Waals surface area contributed by atoms with Gasteiger partial charge < -0.3 is 9.29 Å². The minimum atomic E-state index is -4.01. The van der Waals surface area contributed by atoms with E-state index in [1.165, 1.54) is 43.2 Å². The monoisotopic (exact) mass is 517 g/mol. The second kappa shape index (κ2) is 14.2. The average molecular weight is 518 g/mol. The van der Waals surface area contributed by atoms with Crippen LogP contribution in [-0.2, 0) is 28.6 Å². The maximum absolute atomic E-state index is 11.7. The van der Waals surface area contributed by atoms with Crippen LogP contribution in [0.4, 0.5) is 0 Å². The number of benzene rings is 2. The molecular weight excluding hydrogens is 470 g/mol. The highest BCUT2D eigenvalue weighted by Crippen LogP contribution is 2.29. The molecule has 2 rings (SSSR count). The van der Waals surface area contributed by atoms with E-state index in [4.69, 9.17) is 9.32 Å². The van der Waals surface area contributed by atoms with Crippen molar-refractivity contribution in [3.05, 3.63) is 65.2 Å². The summed E-state index contributed by atoms with van der Waals surface area (Å²) in [5, 5.41) is 16.6. The Hall–Kier alpha value is -1.89. The summed E-state index contributed by atoms with van der Waals surface area (Å²) < 4.78 is 26.8. The lowest BCUT2D eigenvalue weighted by molar-refractivity contribution is 0.0181. The van der Waals surface area contributed by atoms with Crippen LogP contribution < -0.4 is 9.32 Å². The van der Waals surface area contributed by atoms with Crippen molar-refractivity contribution in [2.45, 2.75) is 116 Å². The first-order valence-corrected chi connectivity index (χ1v) is 15.0. The Labute approximate surface area is 219 Å². The summed E-state index contributed by atoms with van der Waals surface area (Å²) in [6, 6.07) is 15.7. The van der Waals surface area contributed by atoms with Crippen molar-refractivity contribution in [2.75, 3.05) is 0 Å². The van der Waals surface area contributed by atoms with Crippen molar-refractivity contribution in [3.63, 3.8) is 0 Å². The van der Waals surface area contributed by atoms with Crippen molar-refractivity contribution < 1.29 is 17.7 Å². The van der Waals surface area contributed by atoms with E-state index < -0.39 is 15.9 Å². The van der Waals surface area contributed by atoms with E-state index >= 15 is 0 Å². The lowest BCUT2D eigenvalue weighted by Crippen LogP contribution is -2.31. The van der Waals surface area contributed by atoms with Gasteiger partial charge in [0.25, 0.3) is 0 Å². The Bertz CT molecular complexity index is 995. The van der Waals surface area contributed by atoms with Gasteiger partial charge in [0.15, 0.2) is 0 Å². The Morgan fingerprint density at radius 2 is 1.31 bits per heavy atom. The molecule has 0 aliphatic rings. The number of aryl methyl sites for hydroxylation is 1. The summed E-state index contributed by atoms with van der Waals surface area (Å²) in [7, 11) is -4.01. The Morgan fingerprint density at radius 3 is 1.86 bits per heavy atom. The molecule has 0 aliphatic heterocycles. The Morgan fingerprint density at radius 1 is 0.778 bits per heavy atom. The Balaban J connectivity index is 1.93. The lowest BCUT2D eigenvalue weighted by atomic mass is 9.82. The molecule has 0 saturated heterocycles. The molecule has 0 spiro atoms. The predicted molar refractivity (Wildman–Crippen MR) is 150 cm³/mol. The van der Waals surface area contributed by atoms with E-state index in [0.29, 0.717) is 6.42 Å². The molecule has 202 valence electrons. The fourth-order valence-corrected chi connectivity index (χ4v) is 5.05. The van der Waals surface area contributed by atoms with E-state index in [0.717, 1.165) is 44.1 Å². The average Bonchev–Trinajstić information content (AvgIpc) is 2.79. The minimum absolute atomic E-state index is 0.121. The molecule has 0 radical (unpaired) electrons. The highest BCUT2D eigenvalue weighted by Gasteiger charge is 2.26. The maximum Gasteiger partial charge on any atom is 0.380 e. The molecule has 36 heavy (non-hydrogen) atoms. The quantitative estimate of drug-likeness (QED) is 0.235. The van der Waals surface area contributed by atoms with Crippen molar-refractivity contribution in [2.24, 2.45) is 5.14 Å². The van der Waals surface area contributed by atoms with Crippen LogP contribution in [0.3, 0.4) is 0 Å². The summed E-state index contributed by atoms with van der Waals surface area (Å²) in [5.74, 6) is 0.215. The first-order valence-electron chi connectivity index (χ1n) is 13.5. The number of rotatable bonds is 16. The molecule has 0 bridgehead atoms. The maximum atomic E-state index is 11.7. The van der Waals surface area contributed by atoms with E-state index in [1.54, 1.807) is 12.1 Å². The molecule has 0 heterocycles. The topological polar surface area (TPSA) is 89.6 Å². The molecule has 0 fully saturated rings. The third-order valence-corrected chi connectivity index (χ3v) is 7.27. The van der Waals surface area contributed by atoms with Gasteiger partial charge in [0.05, 0.1) is 5.60 Å². The Kier molecular flexibility index (Phi) is 11.9. The number of unbranched alkanes of at least 4 members (excludes halogenated alkanes) is 6. The van der Waals surface area contributed by atoms with Crippen LogP contribution in [0.1, 0.15) is 109 Å². The third kappa shape index (κ3) is 11.9. The SMILES string of the molecule is CCCCCCCCC(O)(CCCCc1ccc(OS(N)(=O)=O)cc1)Cc1ccc(C(C)(C)C)cc1. The van der Waals surface area contributed by atoms with Gasteiger partial charge in [0.2, 0.25) is 0 Å². The summed E-state index contributed by atoms with van der Waals surface area (Å²) in [5.41, 5.74) is 3.04. The predicted octanol–water partition coefficient (Wildman–Crippen LogP) is 7.00. The van der Waals surface area contributed by atoms with Crippen LogP contribution in [0.25, 0.3) is 0 Å². The molecule has 0 aliphatic carbocycles. The van der Waals surface area contributed by atoms with E-state index in [2.05, 4.69) is 52.0 Å². The number of hydrogen-bond donors (Lipinski definition) is 2. The zero-order valence-corrected chi connectivity index (χ0v) is 23.6. The van der Waals surface area contributed by atoms with Gasteiger partial charge in [-0.05, 0) is 59.9 Å². The fraction of sp³-hybridized carbons (Fsp3) is 0.600.